The molecule has 0 aliphatic carbocycles. The van der Waals surface area contributed by atoms with E-state index in [4.69, 9.17) is 9.72 Å². The molecule has 1 aromatic carbocycles. The molecule has 0 radical (unpaired) electrons. The average molecular weight is 486 g/mol. The van der Waals surface area contributed by atoms with Crippen LogP contribution in [0.5, 0.6) is 0 Å². The average Bonchev–Trinajstić information content (AvgIpc) is 3.51. The summed E-state index contributed by atoms with van der Waals surface area (Å²) in [5.41, 5.74) is 3.12. The van der Waals surface area contributed by atoms with Crippen molar-refractivity contribution >= 4 is 49.8 Å². The number of hydrogen-bond acceptors (Lipinski definition) is 9. The lowest BCUT2D eigenvalue weighted by molar-refractivity contribution is 0.120. The van der Waals surface area contributed by atoms with Gasteiger partial charge in [0.05, 0.1) is 17.2 Å². The van der Waals surface area contributed by atoms with Gasteiger partial charge in [0.2, 0.25) is 5.13 Å². The minimum Gasteiger partial charge on any atom is -0.376 e. The maximum absolute atomic E-state index is 13.0. The lowest BCUT2D eigenvalue weighted by atomic mass is 10.0. The first kappa shape index (κ1) is 21.6. The Balaban J connectivity index is 1.30. The second-order valence-electron chi connectivity index (χ2n) is 7.77. The molecule has 0 spiro atoms. The Bertz CT molecular complexity index is 1290. The van der Waals surface area contributed by atoms with Gasteiger partial charge in [-0.05, 0) is 32.3 Å². The fraction of sp³-hybridized carbons (Fsp3) is 0.364. The van der Waals surface area contributed by atoms with Crippen LogP contribution in [0.25, 0.3) is 21.3 Å². The van der Waals surface area contributed by atoms with Crippen LogP contribution in [0.4, 0.5) is 5.13 Å². The van der Waals surface area contributed by atoms with Crippen LogP contribution in [-0.2, 0) is 10.5 Å². The molecule has 1 aliphatic rings. The number of anilines is 1. The third kappa shape index (κ3) is 4.59. The summed E-state index contributed by atoms with van der Waals surface area (Å²) in [7, 11) is 0. The topological polar surface area (TPSA) is 92.8 Å². The van der Waals surface area contributed by atoms with E-state index in [0.29, 0.717) is 17.0 Å². The van der Waals surface area contributed by atoms with E-state index in [9.17, 15) is 4.79 Å². The van der Waals surface area contributed by atoms with Gasteiger partial charge in [-0.3, -0.25) is 4.79 Å². The molecule has 2 N–H and O–H groups in total. The smallest absolute Gasteiger partial charge is 0.260 e. The van der Waals surface area contributed by atoms with Crippen LogP contribution in [0.2, 0.25) is 0 Å². The number of ether oxygens (including phenoxy) is 1. The van der Waals surface area contributed by atoms with Crippen LogP contribution in [0, 0.1) is 13.8 Å². The monoisotopic (exact) mass is 485 g/mol. The molecule has 4 aromatic rings. The van der Waals surface area contributed by atoms with E-state index in [1.807, 2.05) is 6.92 Å². The zero-order chi connectivity index (χ0) is 22.1. The number of hydrogen-bond donors (Lipinski definition) is 2. The maximum atomic E-state index is 13.0. The number of aromatic amines is 1. The molecular weight excluding hydrogens is 462 g/mol. The Morgan fingerprint density at radius 3 is 2.84 bits per heavy atom. The molecule has 7 nitrogen and oxygen atoms in total. The molecular formula is C22H23N5O2S3. The predicted molar refractivity (Wildman–Crippen MR) is 132 cm³/mol. The summed E-state index contributed by atoms with van der Waals surface area (Å²) in [6.07, 6.45) is 2.47. The number of aromatic nitrogens is 4. The molecule has 0 saturated carbocycles. The van der Waals surface area contributed by atoms with Gasteiger partial charge in [0.25, 0.3) is 5.56 Å². The van der Waals surface area contributed by atoms with Crippen molar-refractivity contribution in [3.8, 4) is 11.1 Å². The van der Waals surface area contributed by atoms with Crippen LogP contribution in [0.3, 0.4) is 0 Å². The van der Waals surface area contributed by atoms with E-state index in [1.165, 1.54) is 28.7 Å². The number of thiophene rings is 1. The molecule has 10 heteroatoms. The second-order valence-corrected chi connectivity index (χ2v) is 11.2. The molecule has 5 rings (SSSR count). The second kappa shape index (κ2) is 9.30. The molecule has 0 bridgehead atoms. The van der Waals surface area contributed by atoms with E-state index in [1.54, 1.807) is 11.3 Å². The lowest BCUT2D eigenvalue weighted by Crippen LogP contribution is -2.18. The predicted octanol–water partition coefficient (Wildman–Crippen LogP) is 5.00. The first-order valence-corrected chi connectivity index (χ1v) is 13.1. The highest BCUT2D eigenvalue weighted by Gasteiger charge is 2.18. The maximum Gasteiger partial charge on any atom is 0.260 e. The first-order chi connectivity index (χ1) is 15.6. The van der Waals surface area contributed by atoms with E-state index in [-0.39, 0.29) is 11.7 Å². The minimum atomic E-state index is -0.0956. The highest BCUT2D eigenvalue weighted by Crippen LogP contribution is 2.36. The van der Waals surface area contributed by atoms with Gasteiger partial charge in [-0.1, -0.05) is 52.9 Å². The summed E-state index contributed by atoms with van der Waals surface area (Å²) >= 11 is 4.59. The number of aryl methyl sites for hydroxylation is 2. The number of nitrogens with zero attached hydrogens (tertiary/aromatic N) is 3. The van der Waals surface area contributed by atoms with E-state index in [2.05, 4.69) is 51.7 Å². The van der Waals surface area contributed by atoms with Crippen molar-refractivity contribution in [2.75, 3.05) is 18.5 Å². The molecule has 1 aliphatic heterocycles. The highest BCUT2D eigenvalue weighted by atomic mass is 32.2. The SMILES string of the molecule is Cc1ccc(-c2c(C)sc3nc(CSc4nnc(NCC5CCCO5)s4)[nH]c(=O)c23)cc1. The summed E-state index contributed by atoms with van der Waals surface area (Å²) < 4.78 is 6.46. The Morgan fingerprint density at radius 2 is 2.06 bits per heavy atom. The van der Waals surface area contributed by atoms with Gasteiger partial charge >= 0.3 is 0 Å². The van der Waals surface area contributed by atoms with Crippen LogP contribution >= 0.6 is 34.4 Å². The van der Waals surface area contributed by atoms with Crippen molar-refractivity contribution in [1.82, 2.24) is 20.2 Å². The van der Waals surface area contributed by atoms with Crippen LogP contribution in [0.15, 0.2) is 33.4 Å². The summed E-state index contributed by atoms with van der Waals surface area (Å²) in [5, 5.41) is 13.2. The summed E-state index contributed by atoms with van der Waals surface area (Å²) in [4.78, 5) is 22.5. The van der Waals surface area contributed by atoms with Gasteiger partial charge in [0.1, 0.15) is 10.7 Å². The number of rotatable bonds is 7. The Morgan fingerprint density at radius 1 is 1.22 bits per heavy atom. The molecule has 1 atom stereocenters. The standard InChI is InChI=1S/C22H23N5O2S3/c1-12-5-7-14(8-6-12)17-13(2)31-20-18(17)19(28)24-16(25-20)11-30-22-27-26-21(32-22)23-10-15-4-3-9-29-15/h5-8,15H,3-4,9-11H2,1-2H3,(H,23,26)(H,24,25,28). The van der Waals surface area contributed by atoms with E-state index >= 15 is 0 Å². The summed E-state index contributed by atoms with van der Waals surface area (Å²) in [5.74, 6) is 1.18. The van der Waals surface area contributed by atoms with Crippen molar-refractivity contribution in [2.45, 2.75) is 42.9 Å². The van der Waals surface area contributed by atoms with Gasteiger partial charge in [-0.15, -0.1) is 21.5 Å². The molecule has 1 unspecified atom stereocenters. The van der Waals surface area contributed by atoms with E-state index < -0.39 is 0 Å². The number of H-pyrrole nitrogens is 1. The molecule has 32 heavy (non-hydrogen) atoms. The van der Waals surface area contributed by atoms with Gasteiger partial charge < -0.3 is 15.0 Å². The van der Waals surface area contributed by atoms with Crippen molar-refractivity contribution < 1.29 is 4.74 Å². The van der Waals surface area contributed by atoms with Crippen molar-refractivity contribution in [3.63, 3.8) is 0 Å². The van der Waals surface area contributed by atoms with Crippen molar-refractivity contribution in [2.24, 2.45) is 0 Å². The van der Waals surface area contributed by atoms with Gasteiger partial charge in [0.15, 0.2) is 4.34 Å². The highest BCUT2D eigenvalue weighted by molar-refractivity contribution is 8.00. The van der Waals surface area contributed by atoms with E-state index in [0.717, 1.165) is 56.3 Å². The zero-order valence-electron chi connectivity index (χ0n) is 17.8. The molecule has 166 valence electrons. The molecule has 1 saturated heterocycles. The van der Waals surface area contributed by atoms with Gasteiger partial charge in [0, 0.05) is 23.6 Å². The third-order valence-electron chi connectivity index (χ3n) is 5.37. The normalized spacial score (nSPS) is 16.1. The zero-order valence-corrected chi connectivity index (χ0v) is 20.3. The Labute approximate surface area is 197 Å². The lowest BCUT2D eigenvalue weighted by Gasteiger charge is -2.08. The molecule has 0 amide bonds. The third-order valence-corrected chi connectivity index (χ3v) is 8.40. The molecule has 1 fully saturated rings. The Kier molecular flexibility index (Phi) is 6.27. The molecule has 3 aromatic heterocycles. The van der Waals surface area contributed by atoms with Gasteiger partial charge in [-0.25, -0.2) is 4.98 Å². The van der Waals surface area contributed by atoms with Crippen LogP contribution < -0.4 is 10.9 Å². The van der Waals surface area contributed by atoms with Crippen molar-refractivity contribution in [1.29, 1.82) is 0 Å². The minimum absolute atomic E-state index is 0.0956. The molecule has 4 heterocycles. The summed E-state index contributed by atoms with van der Waals surface area (Å²) in [6, 6.07) is 8.26. The number of benzene rings is 1. The summed E-state index contributed by atoms with van der Waals surface area (Å²) in [6.45, 7) is 5.70. The van der Waals surface area contributed by atoms with Gasteiger partial charge in [-0.2, -0.15) is 0 Å². The number of nitrogens with one attached hydrogen (secondary N) is 2. The quantitative estimate of drug-likeness (QED) is 0.356. The Hall–Kier alpha value is -2.27. The van der Waals surface area contributed by atoms with Crippen LogP contribution in [-0.4, -0.2) is 39.4 Å². The number of thioether (sulfide) groups is 1. The van der Waals surface area contributed by atoms with Crippen molar-refractivity contribution in [3.05, 3.63) is 50.9 Å². The first-order valence-electron chi connectivity index (χ1n) is 10.5. The number of fused-ring (bicyclic) bond motifs is 1. The fourth-order valence-corrected chi connectivity index (χ4v) is 6.47. The fourth-order valence-electron chi connectivity index (χ4n) is 3.78. The largest absolute Gasteiger partial charge is 0.376 e. The van der Waals surface area contributed by atoms with Crippen LogP contribution in [0.1, 0.15) is 29.1 Å².